The van der Waals surface area contributed by atoms with Crippen molar-refractivity contribution in [1.82, 2.24) is 9.55 Å². The highest BCUT2D eigenvalue weighted by atomic mass is 16.7. The number of rotatable bonds is 17. The van der Waals surface area contributed by atoms with Gasteiger partial charge in [-0.2, -0.15) is 4.98 Å². The first kappa shape index (κ1) is 28.2. The number of carbonyl (C=O) groups is 2. The lowest BCUT2D eigenvalue weighted by Crippen LogP contribution is -2.40. The largest absolute Gasteiger partial charge is 0.463 e. The van der Waals surface area contributed by atoms with Crippen LogP contribution in [0, 0.1) is 5.41 Å². The number of esters is 2. The van der Waals surface area contributed by atoms with Crippen molar-refractivity contribution in [2.75, 3.05) is 6.61 Å². The molecule has 1 saturated heterocycles. The number of ether oxygens (including phenoxy) is 4. The average molecular weight is 506 g/mol. The normalized spacial score (nSPS) is 22.1. The first-order valence-electron chi connectivity index (χ1n) is 13.8. The van der Waals surface area contributed by atoms with Gasteiger partial charge in [-0.15, -0.1) is 0 Å². The van der Waals surface area contributed by atoms with Crippen LogP contribution in [0.3, 0.4) is 0 Å². The van der Waals surface area contributed by atoms with Gasteiger partial charge in [0.25, 0.3) is 0 Å². The molecule has 36 heavy (non-hydrogen) atoms. The quantitative estimate of drug-likeness (QED) is 0.235. The molecule has 2 aliphatic rings. The molecule has 1 aromatic heterocycles. The summed E-state index contributed by atoms with van der Waals surface area (Å²) in [4.78, 5) is 29.0. The molecule has 4 atom stereocenters. The zero-order valence-electron chi connectivity index (χ0n) is 21.9. The van der Waals surface area contributed by atoms with Crippen molar-refractivity contribution < 1.29 is 28.5 Å². The van der Waals surface area contributed by atoms with Gasteiger partial charge in [-0.05, 0) is 18.9 Å². The summed E-state index contributed by atoms with van der Waals surface area (Å²) in [6.07, 6.45) is 13.0. The Morgan fingerprint density at radius 2 is 1.56 bits per heavy atom. The number of hydrogen-bond acceptors (Lipinski definition) is 8. The van der Waals surface area contributed by atoms with E-state index in [9.17, 15) is 9.59 Å². The fourth-order valence-corrected chi connectivity index (χ4v) is 4.71. The molecule has 2 aliphatic heterocycles. The lowest BCUT2D eigenvalue weighted by Gasteiger charge is -2.22. The molecule has 202 valence electrons. The Morgan fingerprint density at radius 3 is 2.22 bits per heavy atom. The summed E-state index contributed by atoms with van der Waals surface area (Å²) in [6, 6.07) is 1.81. The molecule has 0 saturated carbocycles. The smallest absolute Gasteiger partial charge is 0.306 e. The molecule has 0 bridgehead atoms. The van der Waals surface area contributed by atoms with Crippen molar-refractivity contribution in [2.24, 2.45) is 0 Å². The summed E-state index contributed by atoms with van der Waals surface area (Å²) in [7, 11) is 0. The van der Waals surface area contributed by atoms with E-state index in [1.54, 1.807) is 16.8 Å². The van der Waals surface area contributed by atoms with Crippen LogP contribution in [0.5, 0.6) is 6.01 Å². The molecule has 0 aliphatic carbocycles. The van der Waals surface area contributed by atoms with Gasteiger partial charge in [0.2, 0.25) is 0 Å². The SMILES string of the molecule is CCCCCCCCC(=O)OC[C@H]1O[C@@H]2[C@@H](Oc3nc(=N)ccn32)[C@@H]1OC(=O)CCCCCCCC. The summed E-state index contributed by atoms with van der Waals surface area (Å²) in [5, 5.41) is 7.74. The van der Waals surface area contributed by atoms with Gasteiger partial charge in [-0.25, -0.2) is 0 Å². The zero-order chi connectivity index (χ0) is 25.8. The number of nitrogens with zero attached hydrogens (tertiary/aromatic N) is 2. The Bertz CT molecular complexity index is 889. The van der Waals surface area contributed by atoms with E-state index in [2.05, 4.69) is 18.8 Å². The van der Waals surface area contributed by atoms with E-state index >= 15 is 0 Å². The van der Waals surface area contributed by atoms with Crippen LogP contribution < -0.4 is 10.2 Å². The minimum atomic E-state index is -0.722. The molecule has 0 amide bonds. The van der Waals surface area contributed by atoms with E-state index < -0.39 is 24.5 Å². The molecule has 3 rings (SSSR count). The Hall–Kier alpha value is -2.42. The summed E-state index contributed by atoms with van der Waals surface area (Å²) in [6.45, 7) is 4.36. The summed E-state index contributed by atoms with van der Waals surface area (Å²) in [5.41, 5.74) is 0.0815. The van der Waals surface area contributed by atoms with Gasteiger partial charge in [0.05, 0.1) is 0 Å². The van der Waals surface area contributed by atoms with Gasteiger partial charge in [-0.3, -0.25) is 19.6 Å². The molecule has 0 radical (unpaired) electrons. The van der Waals surface area contributed by atoms with E-state index in [0.29, 0.717) is 12.8 Å². The predicted octanol–water partition coefficient (Wildman–Crippen LogP) is 4.98. The predicted molar refractivity (Wildman–Crippen MR) is 133 cm³/mol. The van der Waals surface area contributed by atoms with Gasteiger partial charge in [-0.1, -0.05) is 78.1 Å². The second-order valence-corrected chi connectivity index (χ2v) is 9.82. The summed E-state index contributed by atoms with van der Waals surface area (Å²) < 4.78 is 25.1. The minimum absolute atomic E-state index is 0.000156. The van der Waals surface area contributed by atoms with Crippen LogP contribution in [-0.2, 0) is 23.8 Å². The molecule has 1 N–H and O–H groups in total. The van der Waals surface area contributed by atoms with Crippen LogP contribution in [0.2, 0.25) is 0 Å². The minimum Gasteiger partial charge on any atom is -0.463 e. The molecule has 9 nitrogen and oxygen atoms in total. The van der Waals surface area contributed by atoms with Crippen LogP contribution >= 0.6 is 0 Å². The topological polar surface area (TPSA) is 113 Å². The molecular formula is C27H43N3O6. The highest BCUT2D eigenvalue weighted by Crippen LogP contribution is 2.40. The maximum atomic E-state index is 12.6. The highest BCUT2D eigenvalue weighted by molar-refractivity contribution is 5.70. The van der Waals surface area contributed by atoms with Crippen molar-refractivity contribution in [3.63, 3.8) is 0 Å². The average Bonchev–Trinajstić information content (AvgIpc) is 3.37. The Labute approximate surface area is 214 Å². The maximum Gasteiger partial charge on any atom is 0.306 e. The molecule has 0 unspecified atom stereocenters. The van der Waals surface area contributed by atoms with Crippen LogP contribution in [0.4, 0.5) is 0 Å². The van der Waals surface area contributed by atoms with E-state index in [1.165, 1.54) is 38.5 Å². The molecule has 1 fully saturated rings. The maximum absolute atomic E-state index is 12.6. The number of nitrogens with one attached hydrogen (secondary N) is 1. The van der Waals surface area contributed by atoms with Crippen molar-refractivity contribution in [3.05, 3.63) is 17.8 Å². The second kappa shape index (κ2) is 15.0. The van der Waals surface area contributed by atoms with E-state index in [1.807, 2.05) is 0 Å². The second-order valence-electron chi connectivity index (χ2n) is 9.82. The third-order valence-corrected chi connectivity index (χ3v) is 6.78. The standard InChI is InChI=1S/C27H43N3O6/c1-3-5-7-9-11-13-15-22(31)33-19-20-24(35-23(32)16-14-12-10-8-6-4-2)25-26(34-20)30-18-17-21(28)29-27(30)36-25/h17-18,20,24-26,28H,3-16,19H2,1-2H3/t20-,24-,25+,26-/m1/s1. The Morgan fingerprint density at radius 1 is 0.944 bits per heavy atom. The highest BCUT2D eigenvalue weighted by Gasteiger charge is 2.54. The molecule has 1 aromatic rings. The zero-order valence-corrected chi connectivity index (χ0v) is 21.9. The third-order valence-electron chi connectivity index (χ3n) is 6.78. The van der Waals surface area contributed by atoms with Crippen LogP contribution in [0.25, 0.3) is 0 Å². The van der Waals surface area contributed by atoms with Crippen molar-refractivity contribution in [3.8, 4) is 6.01 Å². The van der Waals surface area contributed by atoms with E-state index in [-0.39, 0.29) is 30.0 Å². The van der Waals surface area contributed by atoms with Crippen molar-refractivity contribution in [1.29, 1.82) is 5.41 Å². The number of carbonyl (C=O) groups excluding carboxylic acids is 2. The third kappa shape index (κ3) is 8.32. The number of hydrogen-bond donors (Lipinski definition) is 1. The lowest BCUT2D eigenvalue weighted by molar-refractivity contribution is -0.160. The number of fused-ring (bicyclic) bond motifs is 3. The van der Waals surface area contributed by atoms with Crippen molar-refractivity contribution >= 4 is 11.9 Å². The van der Waals surface area contributed by atoms with Gasteiger partial charge in [0, 0.05) is 19.0 Å². The first-order valence-corrected chi connectivity index (χ1v) is 13.8. The first-order chi connectivity index (χ1) is 17.5. The monoisotopic (exact) mass is 505 g/mol. The molecule has 3 heterocycles. The summed E-state index contributed by atoms with van der Waals surface area (Å²) in [5.74, 6) is -0.570. The van der Waals surface area contributed by atoms with Gasteiger partial charge in [0.15, 0.2) is 23.9 Å². The Balaban J connectivity index is 1.51. The van der Waals surface area contributed by atoms with Crippen molar-refractivity contribution in [2.45, 2.75) is 128 Å². The molecular weight excluding hydrogens is 462 g/mol. The molecule has 0 spiro atoms. The number of unbranched alkanes of at least 4 members (excludes halogenated alkanes) is 10. The Kier molecular flexibility index (Phi) is 11.7. The van der Waals surface area contributed by atoms with Gasteiger partial charge in [0.1, 0.15) is 12.7 Å². The molecule has 0 aromatic carbocycles. The lowest BCUT2D eigenvalue weighted by atomic mass is 10.1. The number of aromatic nitrogens is 2. The summed E-state index contributed by atoms with van der Waals surface area (Å²) >= 11 is 0. The fourth-order valence-electron chi connectivity index (χ4n) is 4.71. The van der Waals surface area contributed by atoms with E-state index in [4.69, 9.17) is 24.4 Å². The van der Waals surface area contributed by atoms with Crippen LogP contribution in [0.1, 0.15) is 110 Å². The van der Waals surface area contributed by atoms with Gasteiger partial charge >= 0.3 is 17.9 Å². The van der Waals surface area contributed by atoms with E-state index in [0.717, 1.165) is 38.5 Å². The fraction of sp³-hybridized carbons (Fsp3) is 0.778. The van der Waals surface area contributed by atoms with Crippen LogP contribution in [0.15, 0.2) is 12.3 Å². The molecule has 9 heteroatoms. The van der Waals surface area contributed by atoms with Crippen LogP contribution in [-0.4, -0.2) is 46.4 Å². The van der Waals surface area contributed by atoms with Gasteiger partial charge < -0.3 is 18.9 Å².